The molecule has 0 aliphatic carbocycles. The summed E-state index contributed by atoms with van der Waals surface area (Å²) in [6.07, 6.45) is 0.429. The molecule has 1 aliphatic heterocycles. The van der Waals surface area contributed by atoms with Crippen LogP contribution in [0.25, 0.3) is 0 Å². The van der Waals surface area contributed by atoms with Crippen LogP contribution in [-0.4, -0.2) is 41.8 Å². The van der Waals surface area contributed by atoms with Crippen molar-refractivity contribution in [2.75, 3.05) is 6.61 Å². The van der Waals surface area contributed by atoms with Gasteiger partial charge in [-0.1, -0.05) is 44.2 Å². The van der Waals surface area contributed by atoms with E-state index in [2.05, 4.69) is 0 Å². The molecular weight excluding hydrogens is 338 g/mol. The number of hydrogen-bond donors (Lipinski definition) is 0. The van der Waals surface area contributed by atoms with Crippen LogP contribution < -0.4 is 0 Å². The molecule has 0 saturated carbocycles. The fourth-order valence-corrected chi connectivity index (χ4v) is 2.42. The lowest BCUT2D eigenvalue weighted by atomic mass is 10.0. The van der Waals surface area contributed by atoms with Crippen molar-refractivity contribution in [3.63, 3.8) is 0 Å². The van der Waals surface area contributed by atoms with Gasteiger partial charge in [0.2, 0.25) is 0 Å². The second kappa shape index (κ2) is 9.03. The fourth-order valence-electron chi connectivity index (χ4n) is 2.42. The van der Waals surface area contributed by atoms with Crippen molar-refractivity contribution in [3.8, 4) is 0 Å². The Morgan fingerprint density at radius 1 is 1.27 bits per heavy atom. The Balaban J connectivity index is 1.82. The van der Waals surface area contributed by atoms with Crippen LogP contribution in [-0.2, 0) is 25.6 Å². The van der Waals surface area contributed by atoms with E-state index in [1.807, 2.05) is 44.2 Å². The van der Waals surface area contributed by atoms with Crippen LogP contribution in [0.2, 0.25) is 0 Å². The molecule has 0 spiro atoms. The second-order valence-electron chi connectivity index (χ2n) is 6.30. The summed E-state index contributed by atoms with van der Waals surface area (Å²) in [6.45, 7) is 5.70. The Bertz CT molecular complexity index is 670. The second-order valence-corrected chi connectivity index (χ2v) is 6.30. The van der Waals surface area contributed by atoms with Gasteiger partial charge in [0.15, 0.2) is 0 Å². The number of rotatable bonds is 6. The highest BCUT2D eigenvalue weighted by atomic mass is 16.7. The van der Waals surface area contributed by atoms with E-state index in [9.17, 15) is 14.4 Å². The fraction of sp³-hybridized carbons (Fsp3) is 0.421. The van der Waals surface area contributed by atoms with E-state index in [1.165, 1.54) is 12.2 Å². The van der Waals surface area contributed by atoms with Crippen molar-refractivity contribution < 1.29 is 28.6 Å². The lowest BCUT2D eigenvalue weighted by molar-refractivity contribution is -0.124. The van der Waals surface area contributed by atoms with Gasteiger partial charge in [0.1, 0.15) is 19.3 Å². The third-order valence-corrected chi connectivity index (χ3v) is 3.90. The Hall–Kier alpha value is -2.83. The Morgan fingerprint density at radius 3 is 2.62 bits per heavy atom. The zero-order valence-electron chi connectivity index (χ0n) is 15.1. The molecule has 1 aromatic carbocycles. The SMILES string of the molecule is CC(C)[C@H]1COC(=O)N1C(=O)/C=C/[C@@H](C)OC(=O)OCc1ccccc1. The Morgan fingerprint density at radius 2 is 1.96 bits per heavy atom. The molecule has 0 radical (unpaired) electrons. The molecule has 1 fully saturated rings. The molecular formula is C19H23NO6. The number of imide groups is 1. The average molecular weight is 361 g/mol. The summed E-state index contributed by atoms with van der Waals surface area (Å²) < 4.78 is 15.0. The highest BCUT2D eigenvalue weighted by molar-refractivity contribution is 5.99. The summed E-state index contributed by atoms with van der Waals surface area (Å²) in [7, 11) is 0. The smallest absolute Gasteiger partial charge is 0.447 e. The molecule has 140 valence electrons. The van der Waals surface area contributed by atoms with E-state index in [0.717, 1.165) is 10.5 Å². The van der Waals surface area contributed by atoms with E-state index in [4.69, 9.17) is 14.2 Å². The predicted molar refractivity (Wildman–Crippen MR) is 93.1 cm³/mol. The van der Waals surface area contributed by atoms with Gasteiger partial charge in [-0.2, -0.15) is 0 Å². The lowest BCUT2D eigenvalue weighted by Crippen LogP contribution is -2.41. The standard InChI is InChI=1S/C19H23NO6/c1-13(2)16-12-24-18(22)20(16)17(21)10-9-14(3)26-19(23)25-11-15-7-5-4-6-8-15/h4-10,13-14,16H,11-12H2,1-3H3/b10-9+/t14-,16-/m1/s1. The summed E-state index contributed by atoms with van der Waals surface area (Å²) in [4.78, 5) is 36.7. The first kappa shape index (κ1) is 19.5. The number of ether oxygens (including phenoxy) is 3. The third kappa shape index (κ3) is 5.34. The number of carbonyl (C=O) groups is 3. The van der Waals surface area contributed by atoms with Gasteiger partial charge in [-0.3, -0.25) is 4.79 Å². The normalized spacial score (nSPS) is 18.1. The van der Waals surface area contributed by atoms with Crippen molar-refractivity contribution in [1.82, 2.24) is 4.90 Å². The number of cyclic esters (lactones) is 1. The van der Waals surface area contributed by atoms with Crippen molar-refractivity contribution in [2.45, 2.75) is 39.5 Å². The summed E-state index contributed by atoms with van der Waals surface area (Å²) >= 11 is 0. The highest BCUT2D eigenvalue weighted by Gasteiger charge is 2.38. The number of benzene rings is 1. The van der Waals surface area contributed by atoms with E-state index < -0.39 is 24.3 Å². The minimum Gasteiger partial charge on any atom is -0.447 e. The third-order valence-electron chi connectivity index (χ3n) is 3.90. The van der Waals surface area contributed by atoms with Gasteiger partial charge in [-0.05, 0) is 24.5 Å². The van der Waals surface area contributed by atoms with E-state index in [-0.39, 0.29) is 25.2 Å². The first-order valence-electron chi connectivity index (χ1n) is 8.44. The average Bonchev–Trinajstić information content (AvgIpc) is 3.01. The maximum atomic E-state index is 12.2. The quantitative estimate of drug-likeness (QED) is 0.571. The molecule has 7 nitrogen and oxygen atoms in total. The maximum Gasteiger partial charge on any atom is 0.509 e. The van der Waals surface area contributed by atoms with Gasteiger partial charge in [0, 0.05) is 6.08 Å². The van der Waals surface area contributed by atoms with Crippen LogP contribution in [0, 0.1) is 5.92 Å². The first-order valence-corrected chi connectivity index (χ1v) is 8.44. The Labute approximate surface area is 152 Å². The highest BCUT2D eigenvalue weighted by Crippen LogP contribution is 2.20. The first-order chi connectivity index (χ1) is 12.4. The predicted octanol–water partition coefficient (Wildman–Crippen LogP) is 3.29. The van der Waals surface area contributed by atoms with Crippen molar-refractivity contribution >= 4 is 18.2 Å². The topological polar surface area (TPSA) is 82.1 Å². The minimum atomic E-state index is -0.834. The van der Waals surface area contributed by atoms with Gasteiger partial charge in [-0.25, -0.2) is 14.5 Å². The van der Waals surface area contributed by atoms with Gasteiger partial charge in [-0.15, -0.1) is 0 Å². The summed E-state index contributed by atoms with van der Waals surface area (Å²) in [5.41, 5.74) is 0.843. The zero-order valence-corrected chi connectivity index (χ0v) is 15.1. The van der Waals surface area contributed by atoms with Crippen LogP contribution >= 0.6 is 0 Å². The number of hydrogen-bond acceptors (Lipinski definition) is 6. The largest absolute Gasteiger partial charge is 0.509 e. The molecule has 1 aromatic rings. The van der Waals surface area contributed by atoms with Crippen molar-refractivity contribution in [3.05, 3.63) is 48.0 Å². The molecule has 1 saturated heterocycles. The van der Waals surface area contributed by atoms with Crippen LogP contribution in [0.5, 0.6) is 0 Å². The molecule has 0 aromatic heterocycles. The monoisotopic (exact) mass is 361 g/mol. The van der Waals surface area contributed by atoms with Gasteiger partial charge in [0.25, 0.3) is 5.91 Å². The molecule has 0 N–H and O–H groups in total. The van der Waals surface area contributed by atoms with E-state index in [1.54, 1.807) is 6.92 Å². The van der Waals surface area contributed by atoms with Crippen LogP contribution in [0.1, 0.15) is 26.3 Å². The zero-order chi connectivity index (χ0) is 19.1. The number of amides is 2. The molecule has 2 atom stereocenters. The van der Waals surface area contributed by atoms with E-state index >= 15 is 0 Å². The van der Waals surface area contributed by atoms with Crippen LogP contribution in [0.15, 0.2) is 42.5 Å². The summed E-state index contributed by atoms with van der Waals surface area (Å²) in [5.74, 6) is -0.417. The van der Waals surface area contributed by atoms with Crippen LogP contribution in [0.4, 0.5) is 9.59 Å². The molecule has 0 bridgehead atoms. The molecule has 1 heterocycles. The lowest BCUT2D eigenvalue weighted by Gasteiger charge is -2.21. The van der Waals surface area contributed by atoms with Gasteiger partial charge in [0.05, 0.1) is 6.04 Å². The minimum absolute atomic E-state index is 0.0837. The van der Waals surface area contributed by atoms with Crippen molar-refractivity contribution in [1.29, 1.82) is 0 Å². The molecule has 0 unspecified atom stereocenters. The number of carbonyl (C=O) groups excluding carboxylic acids is 3. The van der Waals surface area contributed by atoms with Crippen molar-refractivity contribution in [2.24, 2.45) is 5.92 Å². The Kier molecular flexibility index (Phi) is 6.77. The number of nitrogens with zero attached hydrogens (tertiary/aromatic N) is 1. The van der Waals surface area contributed by atoms with E-state index in [0.29, 0.717) is 0 Å². The molecule has 1 aliphatic rings. The van der Waals surface area contributed by atoms with Crippen LogP contribution in [0.3, 0.4) is 0 Å². The molecule has 2 rings (SSSR count). The summed E-state index contributed by atoms with van der Waals surface area (Å²) in [6, 6.07) is 8.91. The summed E-state index contributed by atoms with van der Waals surface area (Å²) in [5, 5.41) is 0. The molecule has 2 amide bonds. The maximum absolute atomic E-state index is 12.2. The van der Waals surface area contributed by atoms with Gasteiger partial charge < -0.3 is 14.2 Å². The molecule has 26 heavy (non-hydrogen) atoms. The van der Waals surface area contributed by atoms with Gasteiger partial charge >= 0.3 is 12.2 Å². The molecule has 7 heteroatoms.